The Labute approximate surface area is 164 Å². The standard InChI is InChI=1S/C18H19F11O/c1-9(10-7-14(8-10)4-2-3-5-14)6-11(15(22,23)12(19)13(20)21)16(30,17(24,25)26)18(27,28)29/h10-11,30H,1-8H2. The smallest absolute Gasteiger partial charge is 0.373 e. The van der Waals surface area contributed by atoms with E-state index in [1.165, 1.54) is 0 Å². The third-order valence-corrected chi connectivity index (χ3v) is 6.33. The predicted molar refractivity (Wildman–Crippen MR) is 83.2 cm³/mol. The van der Waals surface area contributed by atoms with Crippen LogP contribution in [-0.4, -0.2) is 29.0 Å². The van der Waals surface area contributed by atoms with Gasteiger partial charge >= 0.3 is 24.4 Å². The Morgan fingerprint density at radius 2 is 1.33 bits per heavy atom. The van der Waals surface area contributed by atoms with E-state index in [0.717, 1.165) is 25.7 Å². The van der Waals surface area contributed by atoms with Gasteiger partial charge in [0.05, 0.1) is 5.92 Å². The van der Waals surface area contributed by atoms with Crippen LogP contribution in [0.1, 0.15) is 44.9 Å². The van der Waals surface area contributed by atoms with Gasteiger partial charge in [0.25, 0.3) is 5.60 Å². The quantitative estimate of drug-likeness (QED) is 0.332. The lowest BCUT2D eigenvalue weighted by atomic mass is 9.58. The van der Waals surface area contributed by atoms with Crippen LogP contribution in [0.2, 0.25) is 0 Å². The Morgan fingerprint density at radius 3 is 1.70 bits per heavy atom. The van der Waals surface area contributed by atoms with Crippen LogP contribution in [0.3, 0.4) is 0 Å². The van der Waals surface area contributed by atoms with Gasteiger partial charge in [0.1, 0.15) is 0 Å². The fraction of sp³-hybridized carbons (Fsp3) is 0.778. The second kappa shape index (κ2) is 7.67. The molecule has 30 heavy (non-hydrogen) atoms. The normalized spacial score (nSPS) is 21.5. The Balaban J connectivity index is 2.44. The van der Waals surface area contributed by atoms with Crippen LogP contribution in [0.25, 0.3) is 0 Å². The monoisotopic (exact) mass is 460 g/mol. The van der Waals surface area contributed by atoms with E-state index in [9.17, 15) is 53.4 Å². The van der Waals surface area contributed by atoms with Crippen LogP contribution < -0.4 is 0 Å². The second-order valence-corrected chi connectivity index (χ2v) is 8.19. The molecule has 0 saturated heterocycles. The molecule has 2 aliphatic rings. The molecule has 2 saturated carbocycles. The highest BCUT2D eigenvalue weighted by atomic mass is 19.4. The van der Waals surface area contributed by atoms with Crippen LogP contribution in [0, 0.1) is 17.3 Å². The van der Waals surface area contributed by atoms with E-state index in [-0.39, 0.29) is 18.3 Å². The predicted octanol–water partition coefficient (Wildman–Crippen LogP) is 7.09. The Bertz CT molecular complexity index is 672. The van der Waals surface area contributed by atoms with E-state index in [1.54, 1.807) is 0 Å². The molecule has 1 unspecified atom stereocenters. The summed E-state index contributed by atoms with van der Waals surface area (Å²) in [7, 11) is 0. The molecular formula is C18H19F11O. The number of hydrogen-bond acceptors (Lipinski definition) is 1. The molecule has 0 radical (unpaired) electrons. The van der Waals surface area contributed by atoms with Crippen molar-refractivity contribution in [1.29, 1.82) is 0 Å². The molecule has 1 N–H and O–H groups in total. The maximum atomic E-state index is 14.2. The molecule has 0 bridgehead atoms. The largest absolute Gasteiger partial charge is 0.426 e. The summed E-state index contributed by atoms with van der Waals surface area (Å²) in [6, 6.07) is 0. The van der Waals surface area contributed by atoms with Crippen molar-refractivity contribution < 1.29 is 53.4 Å². The van der Waals surface area contributed by atoms with Gasteiger partial charge in [-0.3, -0.25) is 0 Å². The van der Waals surface area contributed by atoms with Crippen molar-refractivity contribution in [1.82, 2.24) is 0 Å². The third kappa shape index (κ3) is 4.08. The summed E-state index contributed by atoms with van der Waals surface area (Å²) in [4.78, 5) is 0. The lowest BCUT2D eigenvalue weighted by Gasteiger charge is -2.48. The summed E-state index contributed by atoms with van der Waals surface area (Å²) in [5.74, 6) is -14.8. The maximum Gasteiger partial charge on any atom is 0.426 e. The number of alkyl halides is 8. The van der Waals surface area contributed by atoms with E-state index < -0.39 is 59.6 Å². The first-order valence-corrected chi connectivity index (χ1v) is 9.01. The van der Waals surface area contributed by atoms with Gasteiger partial charge in [-0.1, -0.05) is 25.0 Å². The molecule has 0 heterocycles. The number of halogens is 11. The van der Waals surface area contributed by atoms with Gasteiger partial charge in [-0.05, 0) is 43.4 Å². The van der Waals surface area contributed by atoms with Crippen LogP contribution in [0.4, 0.5) is 48.3 Å². The Morgan fingerprint density at radius 1 is 0.900 bits per heavy atom. The molecule has 0 amide bonds. The van der Waals surface area contributed by atoms with Crippen LogP contribution in [0.5, 0.6) is 0 Å². The number of aliphatic hydroxyl groups is 1. The average Bonchev–Trinajstić information content (AvgIpc) is 3.04. The highest BCUT2D eigenvalue weighted by molar-refractivity contribution is 5.20. The minimum absolute atomic E-state index is 0.188. The summed E-state index contributed by atoms with van der Waals surface area (Å²) in [5.41, 5.74) is -6.84. The lowest BCUT2D eigenvalue weighted by molar-refractivity contribution is -0.399. The molecule has 1 spiro atoms. The zero-order chi connectivity index (χ0) is 23.3. The van der Waals surface area contributed by atoms with Crippen molar-refractivity contribution >= 4 is 0 Å². The van der Waals surface area contributed by atoms with Crippen molar-refractivity contribution in [3.63, 3.8) is 0 Å². The van der Waals surface area contributed by atoms with Gasteiger partial charge in [0.2, 0.25) is 5.83 Å². The highest BCUT2D eigenvalue weighted by Crippen LogP contribution is 2.61. The Kier molecular flexibility index (Phi) is 6.37. The molecule has 0 aromatic rings. The molecule has 1 atom stereocenters. The molecule has 1 nitrogen and oxygen atoms in total. The highest BCUT2D eigenvalue weighted by Gasteiger charge is 2.78. The minimum Gasteiger partial charge on any atom is -0.373 e. The van der Waals surface area contributed by atoms with Crippen LogP contribution in [0.15, 0.2) is 24.1 Å². The molecule has 2 aliphatic carbocycles. The summed E-state index contributed by atoms with van der Waals surface area (Å²) >= 11 is 0. The molecular weight excluding hydrogens is 441 g/mol. The third-order valence-electron chi connectivity index (χ3n) is 6.33. The summed E-state index contributed by atoms with van der Waals surface area (Å²) in [6.45, 7) is 3.26. The molecule has 0 aliphatic heterocycles. The van der Waals surface area contributed by atoms with E-state index in [0.29, 0.717) is 0 Å². The first-order chi connectivity index (χ1) is 13.4. The van der Waals surface area contributed by atoms with Crippen LogP contribution >= 0.6 is 0 Å². The summed E-state index contributed by atoms with van der Waals surface area (Å²) in [6.07, 6.45) is -15.3. The van der Waals surface area contributed by atoms with Gasteiger partial charge in [-0.2, -0.15) is 48.3 Å². The lowest BCUT2D eigenvalue weighted by Crippen LogP contribution is -2.65. The Hall–Kier alpha value is -1.33. The van der Waals surface area contributed by atoms with Crippen molar-refractivity contribution in [2.24, 2.45) is 17.3 Å². The van der Waals surface area contributed by atoms with Crippen molar-refractivity contribution in [2.75, 3.05) is 0 Å². The van der Waals surface area contributed by atoms with Gasteiger partial charge in [-0.25, -0.2) is 0 Å². The van der Waals surface area contributed by atoms with Crippen LogP contribution in [-0.2, 0) is 0 Å². The van der Waals surface area contributed by atoms with Gasteiger partial charge in [0, 0.05) is 0 Å². The summed E-state index contributed by atoms with van der Waals surface area (Å²) < 4.78 is 146. The molecule has 2 fully saturated rings. The topological polar surface area (TPSA) is 20.2 Å². The van der Waals surface area contributed by atoms with Crippen molar-refractivity contribution in [3.05, 3.63) is 24.1 Å². The van der Waals surface area contributed by atoms with E-state index in [4.69, 9.17) is 0 Å². The minimum atomic E-state index is -6.75. The average molecular weight is 460 g/mol. The van der Waals surface area contributed by atoms with E-state index in [2.05, 4.69) is 6.58 Å². The zero-order valence-electron chi connectivity index (χ0n) is 15.4. The van der Waals surface area contributed by atoms with E-state index in [1.807, 2.05) is 0 Å². The second-order valence-electron chi connectivity index (χ2n) is 8.19. The molecule has 2 rings (SSSR count). The molecule has 0 aromatic heterocycles. The van der Waals surface area contributed by atoms with Crippen molar-refractivity contribution in [3.8, 4) is 0 Å². The first kappa shape index (κ1) is 24.9. The molecule has 0 aromatic carbocycles. The van der Waals surface area contributed by atoms with Gasteiger partial charge in [0.15, 0.2) is 0 Å². The van der Waals surface area contributed by atoms with Crippen molar-refractivity contribution in [2.45, 2.75) is 68.8 Å². The number of hydrogen-bond donors (Lipinski definition) is 1. The van der Waals surface area contributed by atoms with Gasteiger partial charge < -0.3 is 5.11 Å². The van der Waals surface area contributed by atoms with E-state index >= 15 is 0 Å². The SMILES string of the molecule is C=C(CC(C(F)(F)C(F)=C(F)F)C(O)(C(F)(F)F)C(F)(F)F)C1CC2(CCCC2)C1. The number of rotatable bonds is 6. The zero-order valence-corrected chi connectivity index (χ0v) is 15.4. The fourth-order valence-electron chi connectivity index (χ4n) is 4.61. The van der Waals surface area contributed by atoms with Gasteiger partial charge in [-0.15, -0.1) is 0 Å². The summed E-state index contributed by atoms with van der Waals surface area (Å²) in [5, 5.41) is 9.43. The first-order valence-electron chi connectivity index (χ1n) is 9.01. The number of allylic oxidation sites excluding steroid dienone is 2. The maximum absolute atomic E-state index is 14.2. The molecule has 174 valence electrons. The fourth-order valence-corrected chi connectivity index (χ4v) is 4.61. The molecule has 12 heteroatoms.